The summed E-state index contributed by atoms with van der Waals surface area (Å²) in [4.78, 5) is 39.0. The molecule has 0 atom stereocenters. The first kappa shape index (κ1) is 19.2. The zero-order valence-corrected chi connectivity index (χ0v) is 15.9. The van der Waals surface area contributed by atoms with E-state index in [9.17, 15) is 14.4 Å². The van der Waals surface area contributed by atoms with Crippen LogP contribution in [0, 0.1) is 19.8 Å². The average molecular weight is 347 g/mol. The Kier molecular flexibility index (Phi) is 6.03. The Balaban J connectivity index is 2.28. The van der Waals surface area contributed by atoms with Crippen LogP contribution in [0.4, 0.5) is 0 Å². The molecule has 0 spiro atoms. The summed E-state index contributed by atoms with van der Waals surface area (Å²) in [5, 5.41) is 2.78. The standard InChI is InChI=1S/C19H29N3O3/c1-12(2)20-16(23)11-22-14(4)18(13(3)9-17(22)24)19(25)21(5)10-15-7-6-8-15/h9,12,15H,6-8,10-11H2,1-5H3,(H,20,23). The lowest BCUT2D eigenvalue weighted by atomic mass is 9.85. The van der Waals surface area contributed by atoms with E-state index in [0.29, 0.717) is 22.7 Å². The quantitative estimate of drug-likeness (QED) is 0.854. The first-order valence-corrected chi connectivity index (χ1v) is 8.96. The highest BCUT2D eigenvalue weighted by atomic mass is 16.2. The number of rotatable bonds is 6. The highest BCUT2D eigenvalue weighted by Crippen LogP contribution is 2.27. The van der Waals surface area contributed by atoms with Gasteiger partial charge in [-0.05, 0) is 52.0 Å². The van der Waals surface area contributed by atoms with E-state index in [-0.39, 0.29) is 30.0 Å². The summed E-state index contributed by atoms with van der Waals surface area (Å²) in [5.74, 6) is 0.266. The van der Waals surface area contributed by atoms with Crippen LogP contribution in [0.5, 0.6) is 0 Å². The molecule has 1 aliphatic carbocycles. The van der Waals surface area contributed by atoms with Crippen molar-refractivity contribution >= 4 is 11.8 Å². The third-order valence-electron chi connectivity index (χ3n) is 4.84. The summed E-state index contributed by atoms with van der Waals surface area (Å²) in [7, 11) is 1.81. The highest BCUT2D eigenvalue weighted by molar-refractivity contribution is 5.96. The van der Waals surface area contributed by atoms with Crippen LogP contribution in [0.25, 0.3) is 0 Å². The minimum absolute atomic E-state index is 0.00340. The second kappa shape index (κ2) is 7.85. The number of aromatic nitrogens is 1. The molecule has 6 heteroatoms. The van der Waals surface area contributed by atoms with Gasteiger partial charge in [-0.3, -0.25) is 14.4 Å². The number of nitrogens with one attached hydrogen (secondary N) is 1. The topological polar surface area (TPSA) is 71.4 Å². The van der Waals surface area contributed by atoms with Crippen LogP contribution >= 0.6 is 0 Å². The molecule has 6 nitrogen and oxygen atoms in total. The van der Waals surface area contributed by atoms with Gasteiger partial charge in [0.2, 0.25) is 5.91 Å². The van der Waals surface area contributed by atoms with Crippen LogP contribution in [0.3, 0.4) is 0 Å². The van der Waals surface area contributed by atoms with Crippen molar-refractivity contribution in [2.24, 2.45) is 5.92 Å². The maximum absolute atomic E-state index is 12.9. The monoisotopic (exact) mass is 347 g/mol. The number of carbonyl (C=O) groups is 2. The van der Waals surface area contributed by atoms with Crippen LogP contribution in [-0.2, 0) is 11.3 Å². The maximum Gasteiger partial charge on any atom is 0.255 e. The van der Waals surface area contributed by atoms with Crippen molar-refractivity contribution in [3.8, 4) is 0 Å². The number of nitrogens with zero attached hydrogens (tertiary/aromatic N) is 2. The molecule has 1 heterocycles. The molecule has 0 aliphatic heterocycles. The minimum atomic E-state index is -0.257. The Morgan fingerprint density at radius 1 is 1.32 bits per heavy atom. The predicted molar refractivity (Wildman–Crippen MR) is 97.8 cm³/mol. The van der Waals surface area contributed by atoms with Crippen molar-refractivity contribution in [3.63, 3.8) is 0 Å². The van der Waals surface area contributed by atoms with Crippen molar-refractivity contribution < 1.29 is 9.59 Å². The summed E-state index contributed by atoms with van der Waals surface area (Å²) in [6.45, 7) is 7.92. The lowest BCUT2D eigenvalue weighted by Gasteiger charge is -2.31. The molecule has 25 heavy (non-hydrogen) atoms. The largest absolute Gasteiger partial charge is 0.352 e. The number of hydrogen-bond donors (Lipinski definition) is 1. The van der Waals surface area contributed by atoms with E-state index in [0.717, 1.165) is 6.54 Å². The zero-order valence-electron chi connectivity index (χ0n) is 15.9. The van der Waals surface area contributed by atoms with Crippen molar-refractivity contribution in [3.05, 3.63) is 33.2 Å². The summed E-state index contributed by atoms with van der Waals surface area (Å²) >= 11 is 0. The fraction of sp³-hybridized carbons (Fsp3) is 0.632. The van der Waals surface area contributed by atoms with Gasteiger partial charge in [0.1, 0.15) is 6.54 Å². The molecule has 0 aromatic carbocycles. The average Bonchev–Trinajstić information content (AvgIpc) is 2.45. The summed E-state index contributed by atoms with van der Waals surface area (Å²) in [5.41, 5.74) is 1.48. The molecule has 1 aromatic rings. The minimum Gasteiger partial charge on any atom is -0.352 e. The van der Waals surface area contributed by atoms with Crippen molar-refractivity contribution in [2.45, 2.75) is 59.5 Å². The smallest absolute Gasteiger partial charge is 0.255 e. The molecule has 0 radical (unpaired) electrons. The SMILES string of the molecule is Cc1cc(=O)n(CC(=O)NC(C)C)c(C)c1C(=O)N(C)CC1CCC1. The lowest BCUT2D eigenvalue weighted by molar-refractivity contribution is -0.122. The Labute approximate surface area is 149 Å². The molecule has 138 valence electrons. The van der Waals surface area contributed by atoms with Crippen LogP contribution < -0.4 is 10.9 Å². The number of pyridine rings is 1. The highest BCUT2D eigenvalue weighted by Gasteiger charge is 2.25. The van der Waals surface area contributed by atoms with E-state index in [1.807, 2.05) is 13.8 Å². The van der Waals surface area contributed by atoms with E-state index in [2.05, 4.69) is 5.32 Å². The van der Waals surface area contributed by atoms with Gasteiger partial charge in [0.25, 0.3) is 11.5 Å². The molecule has 1 saturated carbocycles. The number of hydrogen-bond acceptors (Lipinski definition) is 3. The Hall–Kier alpha value is -2.11. The second-order valence-corrected chi connectivity index (χ2v) is 7.42. The third kappa shape index (κ3) is 4.50. The second-order valence-electron chi connectivity index (χ2n) is 7.42. The maximum atomic E-state index is 12.9. The van der Waals surface area contributed by atoms with Crippen molar-refractivity contribution in [1.82, 2.24) is 14.8 Å². The van der Waals surface area contributed by atoms with E-state index in [4.69, 9.17) is 0 Å². The number of amides is 2. The van der Waals surface area contributed by atoms with Crippen molar-refractivity contribution in [2.75, 3.05) is 13.6 Å². The van der Waals surface area contributed by atoms with Gasteiger partial charge in [-0.15, -0.1) is 0 Å². The Morgan fingerprint density at radius 3 is 2.48 bits per heavy atom. The molecule has 1 fully saturated rings. The van der Waals surface area contributed by atoms with Crippen LogP contribution in [0.2, 0.25) is 0 Å². The van der Waals surface area contributed by atoms with Gasteiger partial charge in [0.05, 0.1) is 5.56 Å². The van der Waals surface area contributed by atoms with Crippen molar-refractivity contribution in [1.29, 1.82) is 0 Å². The van der Waals surface area contributed by atoms with E-state index in [1.165, 1.54) is 29.9 Å². The molecule has 2 amide bonds. The van der Waals surface area contributed by atoms with Gasteiger partial charge in [0, 0.05) is 31.4 Å². The molecule has 1 aromatic heterocycles. The molecular formula is C19H29N3O3. The van der Waals surface area contributed by atoms with Gasteiger partial charge >= 0.3 is 0 Å². The van der Waals surface area contributed by atoms with E-state index >= 15 is 0 Å². The van der Waals surface area contributed by atoms with Gasteiger partial charge in [-0.1, -0.05) is 6.42 Å². The van der Waals surface area contributed by atoms with Crippen LogP contribution in [-0.4, -0.2) is 40.9 Å². The lowest BCUT2D eigenvalue weighted by Crippen LogP contribution is -2.39. The van der Waals surface area contributed by atoms with Gasteiger partial charge in [-0.2, -0.15) is 0 Å². The fourth-order valence-electron chi connectivity index (χ4n) is 3.29. The summed E-state index contributed by atoms with van der Waals surface area (Å²) in [6, 6.07) is 1.45. The molecular weight excluding hydrogens is 318 g/mol. The first-order chi connectivity index (χ1) is 11.7. The summed E-state index contributed by atoms with van der Waals surface area (Å²) in [6.07, 6.45) is 3.58. The molecule has 0 saturated heterocycles. The molecule has 1 aliphatic rings. The van der Waals surface area contributed by atoms with Crippen LogP contribution in [0.1, 0.15) is 54.7 Å². The van der Waals surface area contributed by atoms with Crippen LogP contribution in [0.15, 0.2) is 10.9 Å². The fourth-order valence-corrected chi connectivity index (χ4v) is 3.29. The third-order valence-corrected chi connectivity index (χ3v) is 4.84. The Morgan fingerprint density at radius 2 is 1.96 bits per heavy atom. The zero-order chi connectivity index (χ0) is 18.7. The van der Waals surface area contributed by atoms with Gasteiger partial charge in [0.15, 0.2) is 0 Å². The number of aryl methyl sites for hydroxylation is 1. The number of carbonyl (C=O) groups excluding carboxylic acids is 2. The van der Waals surface area contributed by atoms with E-state index < -0.39 is 0 Å². The normalized spacial score (nSPS) is 14.3. The first-order valence-electron chi connectivity index (χ1n) is 8.96. The summed E-state index contributed by atoms with van der Waals surface area (Å²) < 4.78 is 1.38. The van der Waals surface area contributed by atoms with Gasteiger partial charge in [-0.25, -0.2) is 0 Å². The van der Waals surface area contributed by atoms with Gasteiger partial charge < -0.3 is 14.8 Å². The molecule has 0 bridgehead atoms. The molecule has 2 rings (SSSR count). The Bertz CT molecular complexity index is 717. The molecule has 0 unspecified atom stereocenters. The molecule has 1 N–H and O–H groups in total. The predicted octanol–water partition coefficient (Wildman–Crippen LogP) is 1.86. The van der Waals surface area contributed by atoms with E-state index in [1.54, 1.807) is 25.8 Å².